The summed E-state index contributed by atoms with van der Waals surface area (Å²) in [6, 6.07) is 15.2. The van der Waals surface area contributed by atoms with Gasteiger partial charge in [-0.05, 0) is 36.8 Å². The van der Waals surface area contributed by atoms with Crippen molar-refractivity contribution in [3.05, 3.63) is 65.7 Å². The lowest BCUT2D eigenvalue weighted by Crippen LogP contribution is -1.98. The molecule has 2 rings (SSSR count). The van der Waals surface area contributed by atoms with Gasteiger partial charge in [-0.1, -0.05) is 30.3 Å². The normalized spacial score (nSPS) is 10.6. The second kappa shape index (κ2) is 7.88. The van der Waals surface area contributed by atoms with Crippen molar-refractivity contribution in [2.75, 3.05) is 6.61 Å². The molecule has 0 aliphatic carbocycles. The van der Waals surface area contributed by atoms with Crippen molar-refractivity contribution in [1.82, 2.24) is 0 Å². The Morgan fingerprint density at radius 2 is 1.91 bits per heavy atom. The summed E-state index contributed by atoms with van der Waals surface area (Å²) in [5.41, 5.74) is 1.74. The van der Waals surface area contributed by atoms with Crippen LogP contribution >= 0.6 is 0 Å². The van der Waals surface area contributed by atoms with Gasteiger partial charge in [-0.3, -0.25) is 0 Å². The monoisotopic (exact) mass is 298 g/mol. The number of carbonyl (C=O) groups is 1. The van der Waals surface area contributed by atoms with E-state index in [0.29, 0.717) is 30.3 Å². The standard InChI is InChI=1S/C18H18O4/c1-2-21-17-10-9-16(12-15(17)8-11-18(19)20)22-13-14-6-4-3-5-7-14/h3-12H,2,13H2,1H3,(H,19,20)/b11-8+. The molecule has 0 radical (unpaired) electrons. The molecule has 0 saturated heterocycles. The Kier molecular flexibility index (Phi) is 5.60. The number of hydrogen-bond acceptors (Lipinski definition) is 3. The molecular weight excluding hydrogens is 280 g/mol. The number of hydrogen-bond donors (Lipinski definition) is 1. The van der Waals surface area contributed by atoms with Gasteiger partial charge in [-0.25, -0.2) is 4.79 Å². The highest BCUT2D eigenvalue weighted by molar-refractivity contribution is 5.86. The molecule has 0 amide bonds. The summed E-state index contributed by atoms with van der Waals surface area (Å²) >= 11 is 0. The van der Waals surface area contributed by atoms with Crippen LogP contribution in [0.2, 0.25) is 0 Å². The minimum atomic E-state index is -1.00. The first kappa shape index (κ1) is 15.6. The van der Waals surface area contributed by atoms with E-state index in [2.05, 4.69) is 0 Å². The maximum absolute atomic E-state index is 10.7. The van der Waals surface area contributed by atoms with E-state index in [1.165, 1.54) is 6.08 Å². The van der Waals surface area contributed by atoms with Gasteiger partial charge < -0.3 is 14.6 Å². The molecule has 114 valence electrons. The lowest BCUT2D eigenvalue weighted by Gasteiger charge is -2.11. The lowest BCUT2D eigenvalue weighted by molar-refractivity contribution is -0.131. The van der Waals surface area contributed by atoms with E-state index < -0.39 is 5.97 Å². The number of aliphatic carboxylic acids is 1. The second-order valence-corrected chi connectivity index (χ2v) is 4.58. The maximum atomic E-state index is 10.7. The Balaban J connectivity index is 2.14. The molecule has 4 heteroatoms. The third kappa shape index (κ3) is 4.66. The van der Waals surface area contributed by atoms with Crippen LogP contribution in [-0.2, 0) is 11.4 Å². The van der Waals surface area contributed by atoms with E-state index in [1.54, 1.807) is 12.1 Å². The average molecular weight is 298 g/mol. The molecule has 4 nitrogen and oxygen atoms in total. The van der Waals surface area contributed by atoms with Crippen LogP contribution in [-0.4, -0.2) is 17.7 Å². The number of carboxylic acid groups (broad SMARTS) is 1. The van der Waals surface area contributed by atoms with E-state index in [9.17, 15) is 4.79 Å². The van der Waals surface area contributed by atoms with Gasteiger partial charge in [0.1, 0.15) is 18.1 Å². The fraction of sp³-hybridized carbons (Fsp3) is 0.167. The summed E-state index contributed by atoms with van der Waals surface area (Å²) in [6.07, 6.45) is 2.58. The number of ether oxygens (including phenoxy) is 2. The van der Waals surface area contributed by atoms with Gasteiger partial charge >= 0.3 is 5.97 Å². The first-order chi connectivity index (χ1) is 10.7. The van der Waals surface area contributed by atoms with Crippen LogP contribution < -0.4 is 9.47 Å². The van der Waals surface area contributed by atoms with Crippen LogP contribution in [0.15, 0.2) is 54.6 Å². The zero-order chi connectivity index (χ0) is 15.8. The largest absolute Gasteiger partial charge is 0.493 e. The molecule has 0 aromatic heterocycles. The summed E-state index contributed by atoms with van der Waals surface area (Å²) < 4.78 is 11.2. The summed E-state index contributed by atoms with van der Waals surface area (Å²) in [5.74, 6) is 0.294. The summed E-state index contributed by atoms with van der Waals surface area (Å²) in [6.45, 7) is 2.85. The predicted molar refractivity (Wildman–Crippen MR) is 85.1 cm³/mol. The minimum Gasteiger partial charge on any atom is -0.493 e. The first-order valence-electron chi connectivity index (χ1n) is 7.03. The molecule has 22 heavy (non-hydrogen) atoms. The van der Waals surface area contributed by atoms with Crippen molar-refractivity contribution >= 4 is 12.0 Å². The molecule has 0 saturated carbocycles. The van der Waals surface area contributed by atoms with Crippen LogP contribution in [0.25, 0.3) is 6.08 Å². The van der Waals surface area contributed by atoms with Crippen molar-refractivity contribution in [1.29, 1.82) is 0 Å². The SMILES string of the molecule is CCOc1ccc(OCc2ccccc2)cc1/C=C/C(=O)O. The lowest BCUT2D eigenvalue weighted by atomic mass is 10.1. The van der Waals surface area contributed by atoms with Crippen molar-refractivity contribution in [3.8, 4) is 11.5 Å². The van der Waals surface area contributed by atoms with E-state index in [1.807, 2.05) is 43.3 Å². The molecule has 2 aromatic rings. The molecule has 0 atom stereocenters. The van der Waals surface area contributed by atoms with Crippen LogP contribution in [0.3, 0.4) is 0 Å². The predicted octanol–water partition coefficient (Wildman–Crippen LogP) is 3.76. The Labute approximate surface area is 129 Å². The molecule has 1 N–H and O–H groups in total. The zero-order valence-corrected chi connectivity index (χ0v) is 12.4. The first-order valence-corrected chi connectivity index (χ1v) is 7.03. The van der Waals surface area contributed by atoms with Crippen molar-refractivity contribution in [3.63, 3.8) is 0 Å². The molecule has 0 unspecified atom stereocenters. The van der Waals surface area contributed by atoms with Crippen LogP contribution in [0, 0.1) is 0 Å². The van der Waals surface area contributed by atoms with Gasteiger partial charge in [0, 0.05) is 11.6 Å². The number of rotatable bonds is 7. The van der Waals surface area contributed by atoms with Crippen LogP contribution in [0.5, 0.6) is 11.5 Å². The fourth-order valence-corrected chi connectivity index (χ4v) is 1.94. The molecule has 0 bridgehead atoms. The Morgan fingerprint density at radius 3 is 2.59 bits per heavy atom. The van der Waals surface area contributed by atoms with Gasteiger partial charge in [0.15, 0.2) is 0 Å². The van der Waals surface area contributed by atoms with E-state index >= 15 is 0 Å². The quantitative estimate of drug-likeness (QED) is 0.791. The van der Waals surface area contributed by atoms with Gasteiger partial charge in [-0.15, -0.1) is 0 Å². The minimum absolute atomic E-state index is 0.455. The molecule has 2 aromatic carbocycles. The van der Waals surface area contributed by atoms with E-state index in [-0.39, 0.29) is 0 Å². The van der Waals surface area contributed by atoms with Crippen LogP contribution in [0.1, 0.15) is 18.1 Å². The fourth-order valence-electron chi connectivity index (χ4n) is 1.94. The summed E-state index contributed by atoms with van der Waals surface area (Å²) in [4.78, 5) is 10.7. The molecule has 0 aliphatic rings. The summed E-state index contributed by atoms with van der Waals surface area (Å²) in [7, 11) is 0. The Hall–Kier alpha value is -2.75. The van der Waals surface area contributed by atoms with Gasteiger partial charge in [0.2, 0.25) is 0 Å². The third-order valence-corrected chi connectivity index (χ3v) is 2.93. The van der Waals surface area contributed by atoms with Gasteiger partial charge in [-0.2, -0.15) is 0 Å². The highest BCUT2D eigenvalue weighted by atomic mass is 16.5. The molecule has 0 heterocycles. The van der Waals surface area contributed by atoms with Crippen molar-refractivity contribution in [2.45, 2.75) is 13.5 Å². The Bertz CT molecular complexity index is 647. The summed E-state index contributed by atoms with van der Waals surface area (Å²) in [5, 5.41) is 8.76. The Morgan fingerprint density at radius 1 is 1.14 bits per heavy atom. The average Bonchev–Trinajstić information content (AvgIpc) is 2.53. The van der Waals surface area contributed by atoms with E-state index in [0.717, 1.165) is 11.6 Å². The number of carboxylic acids is 1. The van der Waals surface area contributed by atoms with E-state index in [4.69, 9.17) is 14.6 Å². The molecule has 0 fully saturated rings. The highest BCUT2D eigenvalue weighted by Crippen LogP contribution is 2.26. The molecule has 0 aliphatic heterocycles. The topological polar surface area (TPSA) is 55.8 Å². The highest BCUT2D eigenvalue weighted by Gasteiger charge is 2.04. The van der Waals surface area contributed by atoms with Crippen molar-refractivity contribution < 1.29 is 19.4 Å². The van der Waals surface area contributed by atoms with Gasteiger partial charge in [0.25, 0.3) is 0 Å². The van der Waals surface area contributed by atoms with Crippen molar-refractivity contribution in [2.24, 2.45) is 0 Å². The van der Waals surface area contributed by atoms with Crippen LogP contribution in [0.4, 0.5) is 0 Å². The smallest absolute Gasteiger partial charge is 0.328 e. The maximum Gasteiger partial charge on any atom is 0.328 e. The van der Waals surface area contributed by atoms with Gasteiger partial charge in [0.05, 0.1) is 6.61 Å². The second-order valence-electron chi connectivity index (χ2n) is 4.58. The zero-order valence-electron chi connectivity index (χ0n) is 12.4. The number of benzene rings is 2. The molecular formula is C18H18O4. The molecule has 0 spiro atoms. The third-order valence-electron chi connectivity index (χ3n) is 2.93.